The largest absolute Gasteiger partial charge is 0.489 e. The summed E-state index contributed by atoms with van der Waals surface area (Å²) >= 11 is 0. The van der Waals surface area contributed by atoms with Crippen molar-refractivity contribution in [3.05, 3.63) is 80.8 Å². The molecule has 172 valence electrons. The van der Waals surface area contributed by atoms with Gasteiger partial charge in [-0.2, -0.15) is 0 Å². The number of hydrogen-bond acceptors (Lipinski definition) is 4. The summed E-state index contributed by atoms with van der Waals surface area (Å²) in [7, 11) is 0. The molecule has 6 nitrogen and oxygen atoms in total. The molecule has 0 atom stereocenters. The lowest BCUT2D eigenvalue weighted by atomic mass is 9.98. The Kier molecular flexibility index (Phi) is 6.27. The predicted molar refractivity (Wildman–Crippen MR) is 132 cm³/mol. The van der Waals surface area contributed by atoms with Gasteiger partial charge in [0.2, 0.25) is 0 Å². The van der Waals surface area contributed by atoms with Crippen LogP contribution in [-0.2, 0) is 6.54 Å². The smallest absolute Gasteiger partial charge is 0.255 e. The normalized spacial score (nSPS) is 13.0. The molecule has 2 aromatic carbocycles. The summed E-state index contributed by atoms with van der Waals surface area (Å²) in [5.41, 5.74) is 6.62. The van der Waals surface area contributed by atoms with E-state index in [1.165, 1.54) is 5.56 Å². The van der Waals surface area contributed by atoms with Gasteiger partial charge in [0.15, 0.2) is 5.75 Å². The molecule has 1 amide bonds. The minimum atomic E-state index is -0.259. The maximum Gasteiger partial charge on any atom is 0.255 e. The lowest BCUT2D eigenvalue weighted by Crippen LogP contribution is -2.39. The van der Waals surface area contributed by atoms with E-state index in [1.807, 2.05) is 26.0 Å². The maximum absolute atomic E-state index is 13.4. The van der Waals surface area contributed by atoms with Crippen molar-refractivity contribution in [2.75, 3.05) is 18.1 Å². The number of aromatic amines is 1. The van der Waals surface area contributed by atoms with Crippen LogP contribution in [0.4, 0.5) is 5.69 Å². The highest BCUT2D eigenvalue weighted by Crippen LogP contribution is 2.40. The fourth-order valence-electron chi connectivity index (χ4n) is 4.33. The number of nitrogens with zero attached hydrogens (tertiary/aromatic N) is 1. The van der Waals surface area contributed by atoms with Crippen molar-refractivity contribution in [2.45, 2.75) is 47.2 Å². The first kappa shape index (κ1) is 22.6. The van der Waals surface area contributed by atoms with Crippen molar-refractivity contribution >= 4 is 11.6 Å². The zero-order valence-corrected chi connectivity index (χ0v) is 19.9. The number of rotatable bonds is 5. The third-order valence-corrected chi connectivity index (χ3v) is 6.13. The van der Waals surface area contributed by atoms with Gasteiger partial charge < -0.3 is 19.9 Å². The molecule has 0 aliphatic carbocycles. The highest BCUT2D eigenvalue weighted by Gasteiger charge is 2.27. The van der Waals surface area contributed by atoms with Gasteiger partial charge >= 0.3 is 0 Å². The summed E-state index contributed by atoms with van der Waals surface area (Å²) < 4.78 is 6.01. The van der Waals surface area contributed by atoms with E-state index in [-0.39, 0.29) is 24.1 Å². The molecule has 0 fully saturated rings. The number of benzene rings is 2. The Morgan fingerprint density at radius 1 is 1.09 bits per heavy atom. The third kappa shape index (κ3) is 4.65. The molecule has 33 heavy (non-hydrogen) atoms. The van der Waals surface area contributed by atoms with Crippen molar-refractivity contribution in [1.29, 1.82) is 0 Å². The van der Waals surface area contributed by atoms with Gasteiger partial charge in [0.05, 0.1) is 17.8 Å². The molecule has 6 heteroatoms. The highest BCUT2D eigenvalue weighted by atomic mass is 16.5. The molecule has 4 rings (SSSR count). The first-order chi connectivity index (χ1) is 15.7. The Balaban J connectivity index is 1.74. The molecule has 2 heterocycles. The number of anilines is 1. The summed E-state index contributed by atoms with van der Waals surface area (Å²) in [6.07, 6.45) is 0. The van der Waals surface area contributed by atoms with E-state index < -0.39 is 0 Å². The number of ether oxygens (including phenoxy) is 1. The Morgan fingerprint density at radius 2 is 1.82 bits per heavy atom. The first-order valence-corrected chi connectivity index (χ1v) is 11.4. The van der Waals surface area contributed by atoms with E-state index in [4.69, 9.17) is 4.74 Å². The maximum atomic E-state index is 13.4. The standard InChI is InChI=1S/C27H31N3O3/c1-16(2)30-10-11-33-25-22(13-21(14-24(25)30)20-8-6-17(3)7-9-20)26(31)28-15-23-18(4)12-19(5)29-27(23)32/h6-9,12-14,16H,10-11,15H2,1-5H3,(H,28,31)(H,29,32). The van der Waals surface area contributed by atoms with Crippen LogP contribution in [0.5, 0.6) is 5.75 Å². The van der Waals surface area contributed by atoms with Crippen LogP contribution in [0.1, 0.15) is 46.6 Å². The van der Waals surface area contributed by atoms with Gasteiger partial charge in [-0.1, -0.05) is 29.8 Å². The monoisotopic (exact) mass is 445 g/mol. The zero-order valence-electron chi connectivity index (χ0n) is 19.9. The van der Waals surface area contributed by atoms with Crippen molar-refractivity contribution < 1.29 is 9.53 Å². The van der Waals surface area contributed by atoms with E-state index in [2.05, 4.69) is 66.3 Å². The Labute approximate surface area is 194 Å². The van der Waals surface area contributed by atoms with Gasteiger partial charge in [0.25, 0.3) is 11.5 Å². The second-order valence-electron chi connectivity index (χ2n) is 9.00. The zero-order chi connectivity index (χ0) is 23.7. The van der Waals surface area contributed by atoms with Gasteiger partial charge in [-0.05, 0) is 69.5 Å². The number of fused-ring (bicyclic) bond motifs is 1. The van der Waals surface area contributed by atoms with E-state index in [9.17, 15) is 9.59 Å². The summed E-state index contributed by atoms with van der Waals surface area (Å²) in [4.78, 5) is 30.8. The van der Waals surface area contributed by atoms with E-state index in [1.54, 1.807) is 0 Å². The molecule has 0 saturated heterocycles. The molecule has 2 N–H and O–H groups in total. The van der Waals surface area contributed by atoms with Crippen molar-refractivity contribution in [3.8, 4) is 16.9 Å². The van der Waals surface area contributed by atoms with Gasteiger partial charge in [-0.3, -0.25) is 9.59 Å². The molecule has 1 aliphatic rings. The van der Waals surface area contributed by atoms with Crippen LogP contribution in [0, 0.1) is 20.8 Å². The van der Waals surface area contributed by atoms with Crippen molar-refractivity contribution in [1.82, 2.24) is 10.3 Å². The molecule has 1 aliphatic heterocycles. The summed E-state index contributed by atoms with van der Waals surface area (Å²) in [6.45, 7) is 11.5. The molecule has 0 saturated carbocycles. The van der Waals surface area contributed by atoms with Crippen LogP contribution < -0.4 is 20.5 Å². The minimum Gasteiger partial charge on any atom is -0.489 e. The fourth-order valence-corrected chi connectivity index (χ4v) is 4.33. The minimum absolute atomic E-state index is 0.151. The van der Waals surface area contributed by atoms with Crippen molar-refractivity contribution in [2.24, 2.45) is 0 Å². The summed E-state index contributed by atoms with van der Waals surface area (Å²) in [5.74, 6) is 0.336. The average molecular weight is 446 g/mol. The second kappa shape index (κ2) is 9.14. The van der Waals surface area contributed by atoms with E-state index in [0.717, 1.165) is 34.6 Å². The van der Waals surface area contributed by atoms with Crippen molar-refractivity contribution in [3.63, 3.8) is 0 Å². The quantitative estimate of drug-likeness (QED) is 0.606. The number of nitrogens with one attached hydrogen (secondary N) is 2. The lowest BCUT2D eigenvalue weighted by Gasteiger charge is -2.35. The summed E-state index contributed by atoms with van der Waals surface area (Å²) in [5, 5.41) is 2.94. The number of aryl methyl sites for hydroxylation is 3. The fraction of sp³-hybridized carbons (Fsp3) is 0.333. The number of aromatic nitrogens is 1. The molecule has 0 radical (unpaired) electrons. The second-order valence-corrected chi connectivity index (χ2v) is 9.00. The third-order valence-electron chi connectivity index (χ3n) is 6.13. The van der Waals surface area contributed by atoms with Gasteiger partial charge in [0.1, 0.15) is 6.61 Å². The van der Waals surface area contributed by atoms with Crippen LogP contribution in [0.3, 0.4) is 0 Å². The molecule has 0 unspecified atom stereocenters. The van der Waals surface area contributed by atoms with Crippen LogP contribution in [0.25, 0.3) is 11.1 Å². The topological polar surface area (TPSA) is 74.4 Å². The average Bonchev–Trinajstić information content (AvgIpc) is 2.77. The van der Waals surface area contributed by atoms with Gasteiger partial charge in [-0.15, -0.1) is 0 Å². The predicted octanol–water partition coefficient (Wildman–Crippen LogP) is 4.50. The Bertz CT molecular complexity index is 1240. The SMILES string of the molecule is Cc1ccc(-c2cc(C(=O)NCc3c(C)cc(C)[nH]c3=O)c3c(c2)N(C(C)C)CCO3)cc1. The number of pyridine rings is 1. The summed E-state index contributed by atoms with van der Waals surface area (Å²) in [6, 6.07) is 14.4. The van der Waals surface area contributed by atoms with Gasteiger partial charge in [0, 0.05) is 23.8 Å². The van der Waals surface area contributed by atoms with E-state index in [0.29, 0.717) is 23.5 Å². The van der Waals surface area contributed by atoms with Crippen LogP contribution >= 0.6 is 0 Å². The molecular formula is C27H31N3O3. The van der Waals surface area contributed by atoms with E-state index >= 15 is 0 Å². The van der Waals surface area contributed by atoms with Crippen LogP contribution in [0.15, 0.2) is 47.3 Å². The number of carbonyl (C=O) groups is 1. The molecular weight excluding hydrogens is 414 g/mol. The Hall–Kier alpha value is -3.54. The lowest BCUT2D eigenvalue weighted by molar-refractivity contribution is 0.0946. The number of hydrogen-bond donors (Lipinski definition) is 2. The number of carbonyl (C=O) groups excluding carboxylic acids is 1. The number of amides is 1. The molecule has 0 bridgehead atoms. The molecule has 0 spiro atoms. The molecule has 3 aromatic rings. The molecule has 1 aromatic heterocycles. The van der Waals surface area contributed by atoms with Crippen LogP contribution in [0.2, 0.25) is 0 Å². The Morgan fingerprint density at radius 3 is 2.48 bits per heavy atom. The number of H-pyrrole nitrogens is 1. The van der Waals surface area contributed by atoms with Crippen LogP contribution in [-0.4, -0.2) is 30.1 Å². The highest BCUT2D eigenvalue weighted by molar-refractivity contribution is 6.01. The van der Waals surface area contributed by atoms with Gasteiger partial charge in [-0.25, -0.2) is 0 Å². The first-order valence-electron chi connectivity index (χ1n) is 11.4.